The summed E-state index contributed by atoms with van der Waals surface area (Å²) in [6.07, 6.45) is 4.71. The van der Waals surface area contributed by atoms with Gasteiger partial charge in [-0.15, -0.1) is 12.4 Å². The number of hydrogen-bond donors (Lipinski definition) is 2. The van der Waals surface area contributed by atoms with Gasteiger partial charge >= 0.3 is 0 Å². The van der Waals surface area contributed by atoms with Crippen LogP contribution in [0.1, 0.15) is 32.6 Å². The fraction of sp³-hybridized carbons (Fsp3) is 0.474. The van der Waals surface area contributed by atoms with Crippen molar-refractivity contribution in [1.82, 2.24) is 15.0 Å². The van der Waals surface area contributed by atoms with Crippen LogP contribution < -0.4 is 20.4 Å². The molecule has 3 heterocycles. The van der Waals surface area contributed by atoms with E-state index < -0.39 is 0 Å². The van der Waals surface area contributed by atoms with Gasteiger partial charge in [-0.05, 0) is 49.9 Å². The fourth-order valence-electron chi connectivity index (χ4n) is 3.50. The SMILES string of the molecule is CC(=O)Nc1ccc(Nc2nc(N3CCCC3)nc(N3CCCC3)n2)cc1.Cl. The number of carbonyl (C=O) groups is 1. The third kappa shape index (κ3) is 4.81. The van der Waals surface area contributed by atoms with Crippen LogP contribution in [0.25, 0.3) is 0 Å². The third-order valence-corrected chi connectivity index (χ3v) is 4.85. The highest BCUT2D eigenvalue weighted by Crippen LogP contribution is 2.24. The molecule has 2 fully saturated rings. The minimum absolute atomic E-state index is 0. The first-order valence-electron chi connectivity index (χ1n) is 9.58. The molecule has 0 aliphatic carbocycles. The van der Waals surface area contributed by atoms with Crippen molar-refractivity contribution in [3.05, 3.63) is 24.3 Å². The molecule has 4 rings (SSSR count). The molecule has 2 aromatic rings. The maximum absolute atomic E-state index is 11.2. The van der Waals surface area contributed by atoms with Crippen molar-refractivity contribution in [1.29, 1.82) is 0 Å². The highest BCUT2D eigenvalue weighted by molar-refractivity contribution is 5.88. The zero-order valence-corrected chi connectivity index (χ0v) is 16.8. The van der Waals surface area contributed by atoms with Crippen LogP contribution in [0.5, 0.6) is 0 Å². The first-order chi connectivity index (χ1) is 13.2. The number of halogens is 1. The van der Waals surface area contributed by atoms with Crippen molar-refractivity contribution in [2.75, 3.05) is 46.6 Å². The van der Waals surface area contributed by atoms with Gasteiger partial charge in [0.05, 0.1) is 0 Å². The molecule has 150 valence electrons. The Morgan fingerprint density at radius 1 is 0.821 bits per heavy atom. The first kappa shape index (κ1) is 20.1. The average molecular weight is 404 g/mol. The van der Waals surface area contributed by atoms with E-state index in [2.05, 4.69) is 30.4 Å². The quantitative estimate of drug-likeness (QED) is 0.792. The number of aromatic nitrogens is 3. The van der Waals surface area contributed by atoms with Crippen molar-refractivity contribution < 1.29 is 4.79 Å². The van der Waals surface area contributed by atoms with E-state index in [1.54, 1.807) is 0 Å². The maximum atomic E-state index is 11.2. The van der Waals surface area contributed by atoms with Crippen molar-refractivity contribution in [2.24, 2.45) is 0 Å². The highest BCUT2D eigenvalue weighted by atomic mass is 35.5. The van der Waals surface area contributed by atoms with E-state index in [0.29, 0.717) is 5.95 Å². The Hall–Kier alpha value is -2.61. The monoisotopic (exact) mass is 403 g/mol. The second-order valence-corrected chi connectivity index (χ2v) is 7.03. The van der Waals surface area contributed by atoms with Crippen molar-refractivity contribution in [3.8, 4) is 0 Å². The molecule has 8 nitrogen and oxygen atoms in total. The zero-order valence-electron chi connectivity index (χ0n) is 16.0. The molecule has 1 amide bonds. The Labute approximate surface area is 171 Å². The molecular formula is C19H26ClN7O. The summed E-state index contributed by atoms with van der Waals surface area (Å²) in [7, 11) is 0. The van der Waals surface area contributed by atoms with Gasteiger partial charge in [-0.2, -0.15) is 15.0 Å². The Balaban J connectivity index is 0.00000225. The number of hydrogen-bond acceptors (Lipinski definition) is 7. The van der Waals surface area contributed by atoms with Crippen molar-refractivity contribution in [3.63, 3.8) is 0 Å². The maximum Gasteiger partial charge on any atom is 0.233 e. The Morgan fingerprint density at radius 3 is 1.75 bits per heavy atom. The predicted octanol–water partition coefficient (Wildman–Crippen LogP) is 3.20. The summed E-state index contributed by atoms with van der Waals surface area (Å²) in [6.45, 7) is 5.47. The number of benzene rings is 1. The van der Waals surface area contributed by atoms with Gasteiger partial charge in [-0.1, -0.05) is 0 Å². The lowest BCUT2D eigenvalue weighted by atomic mass is 10.3. The first-order valence-corrected chi connectivity index (χ1v) is 9.58. The van der Waals surface area contributed by atoms with Gasteiger partial charge in [0, 0.05) is 44.5 Å². The molecule has 2 aliphatic heterocycles. The molecule has 0 atom stereocenters. The number of anilines is 5. The second-order valence-electron chi connectivity index (χ2n) is 7.03. The van der Waals surface area contributed by atoms with E-state index in [1.807, 2.05) is 24.3 Å². The van der Waals surface area contributed by atoms with Crippen LogP contribution >= 0.6 is 12.4 Å². The summed E-state index contributed by atoms with van der Waals surface area (Å²) in [4.78, 5) is 29.6. The van der Waals surface area contributed by atoms with Gasteiger partial charge in [0.2, 0.25) is 23.8 Å². The van der Waals surface area contributed by atoms with Crippen LogP contribution in [0.2, 0.25) is 0 Å². The smallest absolute Gasteiger partial charge is 0.233 e. The van der Waals surface area contributed by atoms with Gasteiger partial charge in [0.25, 0.3) is 0 Å². The Bertz CT molecular complexity index is 768. The molecule has 1 aromatic carbocycles. The molecule has 0 bridgehead atoms. The van der Waals surface area contributed by atoms with Crippen LogP contribution in [-0.4, -0.2) is 47.0 Å². The Kier molecular flexibility index (Phi) is 6.51. The largest absolute Gasteiger partial charge is 0.341 e. The van der Waals surface area contributed by atoms with Gasteiger partial charge in [0.1, 0.15) is 0 Å². The molecule has 0 spiro atoms. The van der Waals surface area contributed by atoms with E-state index in [-0.39, 0.29) is 18.3 Å². The predicted molar refractivity (Wildman–Crippen MR) is 114 cm³/mol. The summed E-state index contributed by atoms with van der Waals surface area (Å²) in [5.74, 6) is 1.98. The summed E-state index contributed by atoms with van der Waals surface area (Å²) in [5.41, 5.74) is 1.63. The van der Waals surface area contributed by atoms with E-state index in [9.17, 15) is 4.79 Å². The van der Waals surface area contributed by atoms with E-state index in [1.165, 1.54) is 32.6 Å². The van der Waals surface area contributed by atoms with Gasteiger partial charge in [-0.3, -0.25) is 4.79 Å². The number of amides is 1. The molecule has 2 saturated heterocycles. The molecular weight excluding hydrogens is 378 g/mol. The summed E-state index contributed by atoms with van der Waals surface area (Å²) in [5, 5.41) is 6.05. The highest BCUT2D eigenvalue weighted by Gasteiger charge is 2.21. The van der Waals surface area contributed by atoms with Gasteiger partial charge in [-0.25, -0.2) is 0 Å². The van der Waals surface area contributed by atoms with Crippen LogP contribution in [0.4, 0.5) is 29.2 Å². The molecule has 9 heteroatoms. The molecule has 0 saturated carbocycles. The van der Waals surface area contributed by atoms with Gasteiger partial charge < -0.3 is 20.4 Å². The minimum Gasteiger partial charge on any atom is -0.341 e. The lowest BCUT2D eigenvalue weighted by Crippen LogP contribution is -2.25. The average Bonchev–Trinajstić information content (AvgIpc) is 3.37. The molecule has 2 N–H and O–H groups in total. The number of nitrogens with one attached hydrogen (secondary N) is 2. The van der Waals surface area contributed by atoms with E-state index in [0.717, 1.165) is 49.5 Å². The number of nitrogens with zero attached hydrogens (tertiary/aromatic N) is 5. The van der Waals surface area contributed by atoms with Crippen molar-refractivity contribution in [2.45, 2.75) is 32.6 Å². The summed E-state index contributed by atoms with van der Waals surface area (Å²) < 4.78 is 0. The third-order valence-electron chi connectivity index (χ3n) is 4.85. The lowest BCUT2D eigenvalue weighted by molar-refractivity contribution is -0.114. The normalized spacial score (nSPS) is 16.0. The Morgan fingerprint density at radius 2 is 1.29 bits per heavy atom. The van der Waals surface area contributed by atoms with Crippen LogP contribution in [0.15, 0.2) is 24.3 Å². The second kappa shape index (κ2) is 9.05. The summed E-state index contributed by atoms with van der Waals surface area (Å²) in [6, 6.07) is 7.52. The topological polar surface area (TPSA) is 86.3 Å². The standard InChI is InChI=1S/C19H25N7O.ClH/c1-14(27)20-15-6-8-16(9-7-15)21-17-22-18(25-10-2-3-11-25)24-19(23-17)26-12-4-5-13-26;/h6-9H,2-5,10-13H2,1H3,(H,20,27)(H,21,22,23,24);1H. The molecule has 0 unspecified atom stereocenters. The lowest BCUT2D eigenvalue weighted by Gasteiger charge is -2.20. The van der Waals surface area contributed by atoms with Crippen LogP contribution in [-0.2, 0) is 4.79 Å². The van der Waals surface area contributed by atoms with Gasteiger partial charge in [0.15, 0.2) is 0 Å². The zero-order chi connectivity index (χ0) is 18.6. The van der Waals surface area contributed by atoms with E-state index >= 15 is 0 Å². The van der Waals surface area contributed by atoms with Crippen LogP contribution in [0.3, 0.4) is 0 Å². The van der Waals surface area contributed by atoms with E-state index in [4.69, 9.17) is 4.98 Å². The molecule has 2 aliphatic rings. The number of carbonyl (C=O) groups excluding carboxylic acids is 1. The van der Waals surface area contributed by atoms with Crippen LogP contribution in [0, 0.1) is 0 Å². The molecule has 0 radical (unpaired) electrons. The molecule has 28 heavy (non-hydrogen) atoms. The summed E-state index contributed by atoms with van der Waals surface area (Å²) >= 11 is 0. The molecule has 1 aromatic heterocycles. The number of rotatable bonds is 5. The fourth-order valence-corrected chi connectivity index (χ4v) is 3.50. The minimum atomic E-state index is -0.0845. The van der Waals surface area contributed by atoms with Crippen molar-refractivity contribution >= 4 is 47.5 Å².